The molecule has 0 aromatic carbocycles. The van der Waals surface area contributed by atoms with Gasteiger partial charge in [-0.3, -0.25) is 0 Å². The van der Waals surface area contributed by atoms with Gasteiger partial charge in [-0.25, -0.2) is 4.79 Å². The first-order valence-electron chi connectivity index (χ1n) is 3.21. The van der Waals surface area contributed by atoms with Crippen molar-refractivity contribution in [2.24, 2.45) is 5.41 Å². The summed E-state index contributed by atoms with van der Waals surface area (Å²) in [4.78, 5) is 8.56. The van der Waals surface area contributed by atoms with Crippen molar-refractivity contribution in [1.29, 1.82) is 0 Å². The summed E-state index contributed by atoms with van der Waals surface area (Å²) in [5.74, 6) is 0. The number of carbonyl (C=O) groups is 1. The molecule has 0 bridgehead atoms. The van der Waals surface area contributed by atoms with Crippen molar-refractivity contribution >= 4 is 6.16 Å². The third-order valence-electron chi connectivity index (χ3n) is 1.06. The standard InChI is InChI=1S/C6H14.CH2O3/c1-5-6(2,3)4;2-1(3)4/h5H2,1-4H3;(H2,2,3,4). The van der Waals surface area contributed by atoms with Gasteiger partial charge in [0.05, 0.1) is 0 Å². The fourth-order valence-electron chi connectivity index (χ4n) is 0. The van der Waals surface area contributed by atoms with E-state index in [0.29, 0.717) is 5.41 Å². The Morgan fingerprint density at radius 1 is 1.30 bits per heavy atom. The topological polar surface area (TPSA) is 57.5 Å². The van der Waals surface area contributed by atoms with Crippen molar-refractivity contribution in [1.82, 2.24) is 0 Å². The third kappa shape index (κ3) is 55.5. The first-order valence-corrected chi connectivity index (χ1v) is 3.21. The van der Waals surface area contributed by atoms with Crippen LogP contribution in [-0.4, -0.2) is 16.4 Å². The van der Waals surface area contributed by atoms with Crippen LogP contribution in [0.1, 0.15) is 34.1 Å². The van der Waals surface area contributed by atoms with E-state index < -0.39 is 6.16 Å². The molecule has 0 aliphatic carbocycles. The van der Waals surface area contributed by atoms with Crippen LogP contribution in [0.15, 0.2) is 0 Å². The van der Waals surface area contributed by atoms with Crippen molar-refractivity contribution in [3.8, 4) is 0 Å². The SMILES string of the molecule is CCC(C)(C)C.O=C(O)O. The zero-order valence-corrected chi connectivity index (χ0v) is 7.01. The monoisotopic (exact) mass is 148 g/mol. The molecule has 3 heteroatoms. The van der Waals surface area contributed by atoms with Gasteiger partial charge in [0.1, 0.15) is 0 Å². The molecule has 2 N–H and O–H groups in total. The number of rotatable bonds is 0. The molecule has 0 aromatic rings. The fraction of sp³-hybridized carbons (Fsp3) is 0.857. The Balaban J connectivity index is 0. The van der Waals surface area contributed by atoms with Gasteiger partial charge in [0.25, 0.3) is 0 Å². The second-order valence-corrected chi connectivity index (χ2v) is 3.20. The van der Waals surface area contributed by atoms with Gasteiger partial charge in [0.15, 0.2) is 0 Å². The number of carboxylic acid groups (broad SMARTS) is 2. The predicted molar refractivity (Wildman–Crippen MR) is 40.4 cm³/mol. The van der Waals surface area contributed by atoms with Crippen LogP contribution in [0.5, 0.6) is 0 Å². The van der Waals surface area contributed by atoms with Gasteiger partial charge >= 0.3 is 6.16 Å². The predicted octanol–water partition coefficient (Wildman–Crippen LogP) is 2.66. The second-order valence-electron chi connectivity index (χ2n) is 3.20. The van der Waals surface area contributed by atoms with Crippen LogP contribution >= 0.6 is 0 Å². The molecule has 0 spiro atoms. The lowest BCUT2D eigenvalue weighted by atomic mass is 9.94. The molecule has 62 valence electrons. The molecule has 0 atom stereocenters. The Hall–Kier alpha value is -0.730. The molecular weight excluding hydrogens is 132 g/mol. The molecule has 3 nitrogen and oxygen atoms in total. The van der Waals surface area contributed by atoms with E-state index >= 15 is 0 Å². The third-order valence-corrected chi connectivity index (χ3v) is 1.06. The highest BCUT2D eigenvalue weighted by Gasteiger charge is 2.03. The first-order chi connectivity index (χ1) is 4.29. The van der Waals surface area contributed by atoms with E-state index in [1.54, 1.807) is 0 Å². The van der Waals surface area contributed by atoms with Gasteiger partial charge in [-0.05, 0) is 5.41 Å². The lowest BCUT2D eigenvalue weighted by molar-refractivity contribution is 0.137. The highest BCUT2D eigenvalue weighted by atomic mass is 16.6. The van der Waals surface area contributed by atoms with Crippen LogP contribution in [0, 0.1) is 5.41 Å². The van der Waals surface area contributed by atoms with Gasteiger partial charge in [-0.1, -0.05) is 34.1 Å². The molecule has 0 saturated carbocycles. The van der Waals surface area contributed by atoms with Crippen LogP contribution in [-0.2, 0) is 0 Å². The van der Waals surface area contributed by atoms with Gasteiger partial charge in [0, 0.05) is 0 Å². The summed E-state index contributed by atoms with van der Waals surface area (Å²) in [6.45, 7) is 8.94. The molecule has 0 aliphatic heterocycles. The van der Waals surface area contributed by atoms with E-state index in [-0.39, 0.29) is 0 Å². The highest BCUT2D eigenvalue weighted by Crippen LogP contribution is 2.16. The van der Waals surface area contributed by atoms with Crippen LogP contribution in [0.3, 0.4) is 0 Å². The summed E-state index contributed by atoms with van der Waals surface area (Å²) in [6, 6.07) is 0. The van der Waals surface area contributed by atoms with E-state index in [1.165, 1.54) is 6.42 Å². The molecule has 0 amide bonds. The van der Waals surface area contributed by atoms with Crippen LogP contribution in [0.4, 0.5) is 4.79 Å². The maximum absolute atomic E-state index is 8.56. The Kier molecular flexibility index (Phi) is 6.10. The van der Waals surface area contributed by atoms with E-state index in [9.17, 15) is 0 Å². The fourth-order valence-corrected chi connectivity index (χ4v) is 0. The summed E-state index contributed by atoms with van der Waals surface area (Å²) in [5.41, 5.74) is 0.542. The van der Waals surface area contributed by atoms with E-state index in [2.05, 4.69) is 27.7 Å². The minimum Gasteiger partial charge on any atom is -0.450 e. The minimum atomic E-state index is -1.83. The summed E-state index contributed by atoms with van der Waals surface area (Å²) < 4.78 is 0. The Bertz CT molecular complexity index is 87.5. The Morgan fingerprint density at radius 3 is 1.40 bits per heavy atom. The molecule has 10 heavy (non-hydrogen) atoms. The van der Waals surface area contributed by atoms with E-state index in [0.717, 1.165) is 0 Å². The summed E-state index contributed by atoms with van der Waals surface area (Å²) in [6.07, 6.45) is -0.562. The maximum Gasteiger partial charge on any atom is 0.503 e. The normalized spacial score (nSPS) is 9.60. The molecule has 0 aromatic heterocycles. The molecule has 0 heterocycles. The molecular formula is C7H16O3. The maximum atomic E-state index is 8.56. The zero-order valence-electron chi connectivity index (χ0n) is 7.01. The van der Waals surface area contributed by atoms with Crippen molar-refractivity contribution < 1.29 is 15.0 Å². The lowest BCUT2D eigenvalue weighted by Gasteiger charge is -2.12. The van der Waals surface area contributed by atoms with Gasteiger partial charge in [-0.2, -0.15) is 0 Å². The van der Waals surface area contributed by atoms with Crippen molar-refractivity contribution in [2.45, 2.75) is 34.1 Å². The smallest absolute Gasteiger partial charge is 0.450 e. The highest BCUT2D eigenvalue weighted by molar-refractivity contribution is 5.53. The van der Waals surface area contributed by atoms with Crippen LogP contribution in [0.25, 0.3) is 0 Å². The molecule has 0 rings (SSSR count). The Labute approximate surface area is 61.7 Å². The molecule has 0 radical (unpaired) electrons. The Morgan fingerprint density at radius 2 is 1.40 bits per heavy atom. The van der Waals surface area contributed by atoms with Gasteiger partial charge < -0.3 is 10.2 Å². The summed E-state index contributed by atoms with van der Waals surface area (Å²) >= 11 is 0. The molecule has 0 fully saturated rings. The zero-order chi connectivity index (χ0) is 8.78. The van der Waals surface area contributed by atoms with Crippen molar-refractivity contribution in [3.63, 3.8) is 0 Å². The van der Waals surface area contributed by atoms with Gasteiger partial charge in [0.2, 0.25) is 0 Å². The van der Waals surface area contributed by atoms with Crippen LogP contribution in [0.2, 0.25) is 0 Å². The number of hydrogen-bond acceptors (Lipinski definition) is 1. The average molecular weight is 148 g/mol. The second kappa shape index (κ2) is 5.09. The molecule has 0 unspecified atom stereocenters. The minimum absolute atomic E-state index is 0.542. The van der Waals surface area contributed by atoms with Crippen molar-refractivity contribution in [3.05, 3.63) is 0 Å². The molecule has 0 aliphatic rings. The number of hydrogen-bond donors (Lipinski definition) is 2. The summed E-state index contributed by atoms with van der Waals surface area (Å²) in [7, 11) is 0. The molecule has 0 saturated heterocycles. The van der Waals surface area contributed by atoms with E-state index in [4.69, 9.17) is 15.0 Å². The average Bonchev–Trinajstić information content (AvgIpc) is 1.63. The largest absolute Gasteiger partial charge is 0.503 e. The quantitative estimate of drug-likeness (QED) is 0.555. The lowest BCUT2D eigenvalue weighted by Crippen LogP contribution is -2.00. The van der Waals surface area contributed by atoms with Crippen LogP contribution < -0.4 is 0 Å². The van der Waals surface area contributed by atoms with Crippen molar-refractivity contribution in [2.75, 3.05) is 0 Å². The first kappa shape index (κ1) is 12.0. The van der Waals surface area contributed by atoms with E-state index in [1.807, 2.05) is 0 Å². The van der Waals surface area contributed by atoms with Gasteiger partial charge in [-0.15, -0.1) is 0 Å². The summed E-state index contributed by atoms with van der Waals surface area (Å²) in [5, 5.41) is 13.9.